The maximum Gasteiger partial charge on any atom is 0.472 e. The van der Waals surface area contributed by atoms with E-state index in [1.807, 2.05) is 33.3 Å². The lowest BCUT2D eigenvalue weighted by atomic mass is 10.0. The summed E-state index contributed by atoms with van der Waals surface area (Å²) in [6.07, 6.45) is 41.4. The minimum absolute atomic E-state index is 0.0181. The smallest absolute Gasteiger partial charge is 0.462 e. The van der Waals surface area contributed by atoms with Crippen molar-refractivity contribution in [2.75, 3.05) is 47.5 Å². The Kier molecular flexibility index (Phi) is 37.0. The zero-order chi connectivity index (χ0) is 40.7. The van der Waals surface area contributed by atoms with E-state index in [-0.39, 0.29) is 19.6 Å². The molecule has 0 rings (SSSR count). The third kappa shape index (κ3) is 41.9. The van der Waals surface area contributed by atoms with Gasteiger partial charge in [0.25, 0.3) is 0 Å². The van der Waals surface area contributed by atoms with Crippen LogP contribution < -0.4 is 0 Å². The molecule has 0 fully saturated rings. The van der Waals surface area contributed by atoms with Crippen molar-refractivity contribution in [1.29, 1.82) is 0 Å². The summed E-state index contributed by atoms with van der Waals surface area (Å²) >= 11 is 0. The van der Waals surface area contributed by atoms with Gasteiger partial charge in [0.05, 0.1) is 27.7 Å². The van der Waals surface area contributed by atoms with Crippen LogP contribution in [0.3, 0.4) is 0 Å². The number of phosphoric ester groups is 1. The van der Waals surface area contributed by atoms with Crippen molar-refractivity contribution in [3.05, 3.63) is 24.3 Å². The van der Waals surface area contributed by atoms with Gasteiger partial charge in [0, 0.05) is 12.5 Å². The third-order valence-electron chi connectivity index (χ3n) is 9.84. The van der Waals surface area contributed by atoms with Gasteiger partial charge in [0.15, 0.2) is 6.10 Å². The lowest BCUT2D eigenvalue weighted by Gasteiger charge is -2.24. The van der Waals surface area contributed by atoms with Crippen LogP contribution in [0.25, 0.3) is 0 Å². The first kappa shape index (κ1) is 53.5. The highest BCUT2D eigenvalue weighted by molar-refractivity contribution is 7.47. The van der Waals surface area contributed by atoms with Gasteiger partial charge in [-0.2, -0.15) is 0 Å². The average molecular weight is 801 g/mol. The van der Waals surface area contributed by atoms with E-state index in [1.54, 1.807) is 6.08 Å². The van der Waals surface area contributed by atoms with Crippen LogP contribution in [0.1, 0.15) is 200 Å². The van der Waals surface area contributed by atoms with E-state index < -0.39 is 32.5 Å². The molecular formula is C45H87NO8P+. The molecule has 0 radical (unpaired) electrons. The van der Waals surface area contributed by atoms with Crippen LogP contribution in [-0.4, -0.2) is 74.9 Å². The van der Waals surface area contributed by atoms with Crippen molar-refractivity contribution >= 4 is 19.8 Å². The summed E-state index contributed by atoms with van der Waals surface area (Å²) in [7, 11) is 1.43. The molecule has 0 aromatic heterocycles. The van der Waals surface area contributed by atoms with Crippen molar-refractivity contribution in [3.63, 3.8) is 0 Å². The summed E-state index contributed by atoms with van der Waals surface area (Å²) in [5.74, 6) is -1.04. The van der Waals surface area contributed by atoms with Crippen LogP contribution in [0.2, 0.25) is 0 Å². The number of unbranched alkanes of at least 4 members (excludes halogenated alkanes) is 26. The summed E-state index contributed by atoms with van der Waals surface area (Å²) in [6.45, 7) is 4.32. The molecule has 55 heavy (non-hydrogen) atoms. The number of likely N-dealkylation sites (N-methyl/N-ethyl adjacent to an activating group) is 1. The maximum absolute atomic E-state index is 12.6. The van der Waals surface area contributed by atoms with Crippen molar-refractivity contribution < 1.29 is 42.1 Å². The van der Waals surface area contributed by atoms with Crippen molar-refractivity contribution in [3.8, 4) is 0 Å². The van der Waals surface area contributed by atoms with Gasteiger partial charge < -0.3 is 18.9 Å². The fourth-order valence-electron chi connectivity index (χ4n) is 6.28. The highest BCUT2D eigenvalue weighted by Gasteiger charge is 2.26. The van der Waals surface area contributed by atoms with Gasteiger partial charge in [0.2, 0.25) is 0 Å². The second kappa shape index (κ2) is 38.0. The first-order valence-corrected chi connectivity index (χ1v) is 24.1. The Labute approximate surface area is 339 Å². The quantitative estimate of drug-likeness (QED) is 0.0163. The number of hydrogen-bond acceptors (Lipinski definition) is 7. The number of esters is 2. The van der Waals surface area contributed by atoms with Crippen LogP contribution >= 0.6 is 7.82 Å². The summed E-state index contributed by atoms with van der Waals surface area (Å²) in [4.78, 5) is 35.2. The predicted molar refractivity (Wildman–Crippen MR) is 229 cm³/mol. The molecular weight excluding hydrogens is 713 g/mol. The Balaban J connectivity index is 4.41. The Morgan fingerprint density at radius 1 is 0.600 bits per heavy atom. The minimum Gasteiger partial charge on any atom is -0.462 e. The van der Waals surface area contributed by atoms with Crippen molar-refractivity contribution in [2.24, 2.45) is 0 Å². The van der Waals surface area contributed by atoms with Crippen LogP contribution in [-0.2, 0) is 32.7 Å². The lowest BCUT2D eigenvalue weighted by molar-refractivity contribution is -0.870. The Hall–Kier alpha value is -1.51. The number of nitrogens with zero attached hydrogens (tertiary/aromatic N) is 1. The lowest BCUT2D eigenvalue weighted by Crippen LogP contribution is -2.37. The number of ether oxygens (including phenoxy) is 2. The van der Waals surface area contributed by atoms with E-state index in [2.05, 4.69) is 13.8 Å². The van der Waals surface area contributed by atoms with Gasteiger partial charge in [-0.05, 0) is 19.3 Å². The molecule has 0 heterocycles. The van der Waals surface area contributed by atoms with Gasteiger partial charge >= 0.3 is 19.8 Å². The van der Waals surface area contributed by atoms with E-state index in [0.29, 0.717) is 11.0 Å². The first-order chi connectivity index (χ1) is 26.5. The number of phosphoric acid groups is 1. The molecule has 0 aromatic carbocycles. The minimum atomic E-state index is -4.40. The number of carbonyl (C=O) groups excluding carboxylic acids is 2. The predicted octanol–water partition coefficient (Wildman–Crippen LogP) is 12.7. The zero-order valence-corrected chi connectivity index (χ0v) is 37.3. The largest absolute Gasteiger partial charge is 0.472 e. The average Bonchev–Trinajstić information content (AvgIpc) is 3.13. The van der Waals surface area contributed by atoms with E-state index >= 15 is 0 Å². The van der Waals surface area contributed by atoms with E-state index in [9.17, 15) is 19.0 Å². The second-order valence-electron chi connectivity index (χ2n) is 16.5. The standard InChI is InChI=1S/C45H86NO8P/c1-6-8-10-12-14-16-18-20-22-24-25-27-29-31-33-35-37-44(47)51-41-43(42-53-55(49,50)52-40-39-46(3,4)5)54-45(48)38-36-34-32-30-28-26-23-21-19-17-15-13-11-9-7-2/h32,34,36,38,43H,6-31,33,35,37,39-42H2,1-5H3/p+1/b34-32+,38-36+/t43-/m1/s1. The molecule has 2 atom stereocenters. The molecule has 1 N–H and O–H groups in total. The first-order valence-electron chi connectivity index (χ1n) is 22.6. The number of carbonyl (C=O) groups is 2. The zero-order valence-electron chi connectivity index (χ0n) is 36.4. The van der Waals surface area contributed by atoms with Crippen molar-refractivity contribution in [2.45, 2.75) is 206 Å². The van der Waals surface area contributed by atoms with E-state index in [0.717, 1.165) is 32.1 Å². The summed E-state index contributed by atoms with van der Waals surface area (Å²) in [5.41, 5.74) is 0. The number of allylic oxidation sites excluding steroid dienone is 3. The topological polar surface area (TPSA) is 108 Å². The molecule has 10 heteroatoms. The molecule has 0 saturated heterocycles. The number of hydrogen-bond donors (Lipinski definition) is 1. The Morgan fingerprint density at radius 2 is 1.04 bits per heavy atom. The second-order valence-corrected chi connectivity index (χ2v) is 18.0. The Morgan fingerprint density at radius 3 is 1.49 bits per heavy atom. The van der Waals surface area contributed by atoms with Gasteiger partial charge in [-0.15, -0.1) is 0 Å². The molecule has 9 nitrogen and oxygen atoms in total. The number of quaternary nitrogens is 1. The van der Waals surface area contributed by atoms with E-state index in [4.69, 9.17) is 18.5 Å². The fraction of sp³-hybridized carbons (Fsp3) is 0.867. The number of rotatable bonds is 41. The summed E-state index contributed by atoms with van der Waals surface area (Å²) in [5, 5.41) is 0. The molecule has 0 spiro atoms. The van der Waals surface area contributed by atoms with Crippen LogP contribution in [0.4, 0.5) is 0 Å². The fourth-order valence-corrected chi connectivity index (χ4v) is 7.02. The molecule has 1 unspecified atom stereocenters. The molecule has 324 valence electrons. The molecule has 0 aliphatic heterocycles. The van der Waals surface area contributed by atoms with Gasteiger partial charge in [-0.3, -0.25) is 13.8 Å². The molecule has 0 aliphatic rings. The molecule has 0 bridgehead atoms. The normalized spacial score (nSPS) is 13.8. The SMILES string of the molecule is CCCCCCCCCCCCC/C=C/C=C/C(=O)O[C@H](COC(=O)CCCCCCCCCCCCCCCCCC)COP(=O)(O)OCC[N+](C)(C)C. The van der Waals surface area contributed by atoms with Gasteiger partial charge in [-0.1, -0.05) is 193 Å². The highest BCUT2D eigenvalue weighted by Crippen LogP contribution is 2.43. The van der Waals surface area contributed by atoms with Crippen LogP contribution in [0.5, 0.6) is 0 Å². The van der Waals surface area contributed by atoms with Crippen molar-refractivity contribution in [1.82, 2.24) is 0 Å². The molecule has 0 aromatic rings. The third-order valence-corrected chi connectivity index (χ3v) is 10.8. The van der Waals surface area contributed by atoms with Crippen LogP contribution in [0, 0.1) is 0 Å². The summed E-state index contributed by atoms with van der Waals surface area (Å²) < 4.78 is 34.1. The van der Waals surface area contributed by atoms with Gasteiger partial charge in [0.1, 0.15) is 19.8 Å². The molecule has 0 amide bonds. The molecule has 0 saturated carbocycles. The highest BCUT2D eigenvalue weighted by atomic mass is 31.2. The van der Waals surface area contributed by atoms with Crippen LogP contribution in [0.15, 0.2) is 24.3 Å². The van der Waals surface area contributed by atoms with E-state index in [1.165, 1.54) is 154 Å². The summed E-state index contributed by atoms with van der Waals surface area (Å²) in [6, 6.07) is 0. The Bertz CT molecular complexity index is 996. The monoisotopic (exact) mass is 801 g/mol. The molecule has 0 aliphatic carbocycles. The maximum atomic E-state index is 12.6. The van der Waals surface area contributed by atoms with Gasteiger partial charge in [-0.25, -0.2) is 9.36 Å².